The molecule has 1 atom stereocenters. The van der Waals surface area contributed by atoms with Crippen molar-refractivity contribution < 1.29 is 27.9 Å². The number of carbonyl (C=O) groups is 2. The molecule has 0 spiro atoms. The van der Waals surface area contributed by atoms with Crippen LogP contribution in [0.2, 0.25) is 0 Å². The number of carbonyl (C=O) groups excluding carboxylic acids is 1. The van der Waals surface area contributed by atoms with E-state index in [4.69, 9.17) is 0 Å². The van der Waals surface area contributed by atoms with Crippen molar-refractivity contribution in [2.75, 3.05) is 0 Å². The Balaban J connectivity index is 2.22. The van der Waals surface area contributed by atoms with E-state index >= 15 is 0 Å². The normalized spacial score (nSPS) is 12.5. The third-order valence-electron chi connectivity index (χ3n) is 3.36. The monoisotopic (exact) mass is 337 g/mol. The van der Waals surface area contributed by atoms with E-state index in [1.54, 1.807) is 30.3 Å². The number of alkyl halides is 3. The minimum absolute atomic E-state index is 0.0316. The Labute approximate surface area is 135 Å². The Kier molecular flexibility index (Phi) is 5.23. The van der Waals surface area contributed by atoms with Gasteiger partial charge in [-0.2, -0.15) is 13.2 Å². The van der Waals surface area contributed by atoms with Gasteiger partial charge in [0.1, 0.15) is 6.04 Å². The molecule has 126 valence electrons. The molecule has 24 heavy (non-hydrogen) atoms. The summed E-state index contributed by atoms with van der Waals surface area (Å²) in [7, 11) is 0. The van der Waals surface area contributed by atoms with Crippen molar-refractivity contribution in [3.63, 3.8) is 0 Å². The maximum absolute atomic E-state index is 13.0. The Morgan fingerprint density at radius 3 is 2.17 bits per heavy atom. The van der Waals surface area contributed by atoms with Gasteiger partial charge in [-0.15, -0.1) is 0 Å². The Hall–Kier alpha value is -2.83. The first-order valence-corrected chi connectivity index (χ1v) is 7.03. The number of carboxylic acid groups (broad SMARTS) is 1. The van der Waals surface area contributed by atoms with E-state index in [1.165, 1.54) is 6.07 Å². The number of aliphatic carboxylic acids is 1. The minimum Gasteiger partial charge on any atom is -0.480 e. The number of nitrogens with one attached hydrogen (secondary N) is 1. The average Bonchev–Trinajstić information content (AvgIpc) is 2.54. The summed E-state index contributed by atoms with van der Waals surface area (Å²) < 4.78 is 38.9. The lowest BCUT2D eigenvalue weighted by atomic mass is 10.0. The molecule has 7 heteroatoms. The van der Waals surface area contributed by atoms with E-state index in [0.29, 0.717) is 5.56 Å². The van der Waals surface area contributed by atoms with E-state index < -0.39 is 35.2 Å². The fraction of sp³-hybridized carbons (Fsp3) is 0.176. The SMILES string of the molecule is O=C(NC(Cc1ccccc1)C(=O)O)c1ccccc1C(F)(F)F. The van der Waals surface area contributed by atoms with Crippen molar-refractivity contribution in [3.8, 4) is 0 Å². The number of halogens is 3. The second-order valence-electron chi connectivity index (χ2n) is 5.10. The van der Waals surface area contributed by atoms with Gasteiger partial charge in [-0.25, -0.2) is 4.79 Å². The molecule has 0 aromatic heterocycles. The molecule has 2 rings (SSSR count). The molecule has 0 aliphatic carbocycles. The van der Waals surface area contributed by atoms with E-state index in [2.05, 4.69) is 5.32 Å². The second kappa shape index (κ2) is 7.16. The van der Waals surface area contributed by atoms with E-state index in [0.717, 1.165) is 18.2 Å². The lowest BCUT2D eigenvalue weighted by Crippen LogP contribution is -2.42. The van der Waals surface area contributed by atoms with Gasteiger partial charge >= 0.3 is 12.1 Å². The molecule has 0 bridgehead atoms. The molecule has 0 radical (unpaired) electrons. The fourth-order valence-electron chi connectivity index (χ4n) is 2.21. The molecule has 4 nitrogen and oxygen atoms in total. The van der Waals surface area contributed by atoms with Crippen molar-refractivity contribution >= 4 is 11.9 Å². The highest BCUT2D eigenvalue weighted by Gasteiger charge is 2.35. The van der Waals surface area contributed by atoms with Gasteiger partial charge in [0.2, 0.25) is 0 Å². The zero-order valence-electron chi connectivity index (χ0n) is 12.4. The first kappa shape index (κ1) is 17.5. The van der Waals surface area contributed by atoms with Gasteiger partial charge in [-0.3, -0.25) is 4.79 Å². The predicted octanol–water partition coefficient (Wildman–Crippen LogP) is 3.13. The minimum atomic E-state index is -4.70. The predicted molar refractivity (Wildman–Crippen MR) is 80.5 cm³/mol. The van der Waals surface area contributed by atoms with Crippen molar-refractivity contribution in [3.05, 3.63) is 71.3 Å². The topological polar surface area (TPSA) is 66.4 Å². The zero-order valence-corrected chi connectivity index (χ0v) is 12.4. The van der Waals surface area contributed by atoms with Crippen LogP contribution in [0.5, 0.6) is 0 Å². The van der Waals surface area contributed by atoms with Crippen LogP contribution in [0.3, 0.4) is 0 Å². The van der Waals surface area contributed by atoms with Crippen LogP contribution in [0.1, 0.15) is 21.5 Å². The summed E-state index contributed by atoms with van der Waals surface area (Å²) >= 11 is 0. The summed E-state index contributed by atoms with van der Waals surface area (Å²) in [5.41, 5.74) is -1.06. The van der Waals surface area contributed by atoms with Crippen LogP contribution < -0.4 is 5.32 Å². The average molecular weight is 337 g/mol. The van der Waals surface area contributed by atoms with Gasteiger partial charge in [0.05, 0.1) is 11.1 Å². The molecule has 0 aliphatic heterocycles. The molecule has 1 amide bonds. The number of hydrogen-bond acceptors (Lipinski definition) is 2. The number of benzene rings is 2. The lowest BCUT2D eigenvalue weighted by molar-refractivity contribution is -0.139. The van der Waals surface area contributed by atoms with E-state index in [9.17, 15) is 27.9 Å². The van der Waals surface area contributed by atoms with Crippen molar-refractivity contribution in [1.82, 2.24) is 5.32 Å². The van der Waals surface area contributed by atoms with Crippen LogP contribution in [-0.4, -0.2) is 23.0 Å². The molecular weight excluding hydrogens is 323 g/mol. The maximum atomic E-state index is 13.0. The molecular formula is C17H14F3NO3. The molecule has 2 aromatic carbocycles. The zero-order chi connectivity index (χ0) is 17.7. The quantitative estimate of drug-likeness (QED) is 0.881. The summed E-state index contributed by atoms with van der Waals surface area (Å²) in [5.74, 6) is -2.40. The van der Waals surface area contributed by atoms with E-state index in [-0.39, 0.29) is 6.42 Å². The van der Waals surface area contributed by atoms with Gasteiger partial charge in [0.25, 0.3) is 5.91 Å². The Bertz CT molecular complexity index is 729. The van der Waals surface area contributed by atoms with Gasteiger partial charge in [0, 0.05) is 6.42 Å². The first-order chi connectivity index (χ1) is 11.3. The van der Waals surface area contributed by atoms with Crippen LogP contribution >= 0.6 is 0 Å². The molecule has 0 saturated heterocycles. The maximum Gasteiger partial charge on any atom is 0.417 e. The Morgan fingerprint density at radius 2 is 1.58 bits per heavy atom. The molecule has 1 unspecified atom stereocenters. The standard InChI is InChI=1S/C17H14F3NO3/c18-17(19,20)13-9-5-4-8-12(13)15(22)21-14(16(23)24)10-11-6-2-1-3-7-11/h1-9,14H,10H2,(H,21,22)(H,23,24). The van der Waals surface area contributed by atoms with Gasteiger partial charge in [-0.1, -0.05) is 42.5 Å². The van der Waals surface area contributed by atoms with Crippen LogP contribution in [0.25, 0.3) is 0 Å². The number of amides is 1. The second-order valence-corrected chi connectivity index (χ2v) is 5.10. The highest BCUT2D eigenvalue weighted by atomic mass is 19.4. The van der Waals surface area contributed by atoms with Crippen LogP contribution in [0.4, 0.5) is 13.2 Å². The summed E-state index contributed by atoms with van der Waals surface area (Å²) in [6.07, 6.45) is -4.73. The molecule has 0 saturated carbocycles. The summed E-state index contributed by atoms with van der Waals surface area (Å²) in [6, 6.07) is 11.4. The number of carboxylic acids is 1. The van der Waals surface area contributed by atoms with Crippen molar-refractivity contribution in [2.45, 2.75) is 18.6 Å². The highest BCUT2D eigenvalue weighted by molar-refractivity contribution is 5.98. The molecule has 2 aromatic rings. The molecule has 0 heterocycles. The number of rotatable bonds is 5. The summed E-state index contributed by atoms with van der Waals surface area (Å²) in [6.45, 7) is 0. The highest BCUT2D eigenvalue weighted by Crippen LogP contribution is 2.31. The summed E-state index contributed by atoms with van der Waals surface area (Å²) in [4.78, 5) is 23.5. The van der Waals surface area contributed by atoms with E-state index in [1.807, 2.05) is 0 Å². The lowest BCUT2D eigenvalue weighted by Gasteiger charge is -2.17. The van der Waals surface area contributed by atoms with Crippen molar-refractivity contribution in [2.24, 2.45) is 0 Å². The van der Waals surface area contributed by atoms with Gasteiger partial charge < -0.3 is 10.4 Å². The molecule has 0 aliphatic rings. The van der Waals surface area contributed by atoms with Crippen LogP contribution in [-0.2, 0) is 17.4 Å². The molecule has 2 N–H and O–H groups in total. The van der Waals surface area contributed by atoms with Gasteiger partial charge in [0.15, 0.2) is 0 Å². The fourth-order valence-corrected chi connectivity index (χ4v) is 2.21. The number of hydrogen-bond donors (Lipinski definition) is 2. The van der Waals surface area contributed by atoms with Gasteiger partial charge in [-0.05, 0) is 17.7 Å². The van der Waals surface area contributed by atoms with Crippen molar-refractivity contribution in [1.29, 1.82) is 0 Å². The first-order valence-electron chi connectivity index (χ1n) is 7.03. The Morgan fingerprint density at radius 1 is 1.00 bits per heavy atom. The van der Waals surface area contributed by atoms with Crippen LogP contribution in [0, 0.1) is 0 Å². The smallest absolute Gasteiger partial charge is 0.417 e. The summed E-state index contributed by atoms with van der Waals surface area (Å²) in [5, 5.41) is 11.4. The third kappa shape index (κ3) is 4.34. The largest absolute Gasteiger partial charge is 0.480 e. The van der Waals surface area contributed by atoms with Crippen LogP contribution in [0.15, 0.2) is 54.6 Å². The third-order valence-corrected chi connectivity index (χ3v) is 3.36. The molecule has 0 fully saturated rings.